The number of fused-ring (bicyclic) bond motifs is 5. The molecule has 0 aromatic carbocycles. The lowest BCUT2D eigenvalue weighted by Gasteiger charge is -2.49. The average molecular weight is 341 g/mol. The third kappa shape index (κ3) is 2.97. The molecule has 1 nitrogen and oxygen atoms in total. The topological polar surface area (TPSA) is 9.23 Å². The largest absolute Gasteiger partial charge is 0.372 e. The van der Waals surface area contributed by atoms with Crippen LogP contribution in [0.2, 0.25) is 0 Å². The summed E-state index contributed by atoms with van der Waals surface area (Å²) in [5, 5.41) is 0. The van der Waals surface area contributed by atoms with Crippen LogP contribution in [0, 0.1) is 28.6 Å². The zero-order valence-corrected chi connectivity index (χ0v) is 17.1. The van der Waals surface area contributed by atoms with Gasteiger partial charge in [-0.25, -0.2) is 0 Å². The molecule has 0 N–H and O–H groups in total. The van der Waals surface area contributed by atoms with Gasteiger partial charge >= 0.3 is 0 Å². The highest BCUT2D eigenvalue weighted by atomic mass is 16.5. The van der Waals surface area contributed by atoms with E-state index in [9.17, 15) is 0 Å². The van der Waals surface area contributed by atoms with E-state index >= 15 is 0 Å². The molecule has 0 unspecified atom stereocenters. The summed E-state index contributed by atoms with van der Waals surface area (Å²) in [6.07, 6.45) is 17.0. The molecule has 0 spiro atoms. The fraction of sp³-hybridized carbons (Fsp3) is 0.750. The van der Waals surface area contributed by atoms with Gasteiger partial charge in [-0.15, -0.1) is 0 Å². The minimum atomic E-state index is -0.0484. The highest BCUT2D eigenvalue weighted by Gasteiger charge is 2.54. The van der Waals surface area contributed by atoms with E-state index in [2.05, 4.69) is 65.8 Å². The van der Waals surface area contributed by atoms with Crippen LogP contribution in [-0.2, 0) is 4.74 Å². The van der Waals surface area contributed by atoms with E-state index in [4.69, 9.17) is 4.74 Å². The van der Waals surface area contributed by atoms with E-state index in [-0.39, 0.29) is 11.0 Å². The summed E-state index contributed by atoms with van der Waals surface area (Å²) < 4.78 is 6.51. The second-order valence-corrected chi connectivity index (χ2v) is 10.9. The number of allylic oxidation sites excluding steroid dienone is 5. The minimum absolute atomic E-state index is 0.0484. The lowest BCUT2D eigenvalue weighted by Crippen LogP contribution is -2.44. The first kappa shape index (κ1) is 17.6. The number of ether oxygens (including phenoxy) is 1. The Morgan fingerprint density at radius 1 is 1.08 bits per heavy atom. The van der Waals surface area contributed by atoms with E-state index in [1.165, 1.54) is 32.1 Å². The van der Waals surface area contributed by atoms with Gasteiger partial charge in [0.25, 0.3) is 0 Å². The molecule has 0 saturated heterocycles. The Hall–Kier alpha value is -0.820. The maximum absolute atomic E-state index is 6.51. The summed E-state index contributed by atoms with van der Waals surface area (Å²) in [6.45, 7) is 13.8. The molecule has 138 valence electrons. The van der Waals surface area contributed by atoms with E-state index in [0.29, 0.717) is 17.4 Å². The standard InChI is InChI=1S/C24H36O/c1-22(2,3)25-21-10-9-20-19-8-7-16-15-23(4,5)13-11-17(16)18(19)12-14-24(20,21)6/h11-12,14-15,18-21H,7-10,13H2,1-6H3/t18-,19+,20-,21-,24-/m0/s1. The molecule has 2 saturated carbocycles. The molecule has 4 aliphatic carbocycles. The zero-order valence-electron chi connectivity index (χ0n) is 17.1. The minimum Gasteiger partial charge on any atom is -0.372 e. The van der Waals surface area contributed by atoms with E-state index < -0.39 is 0 Å². The fourth-order valence-corrected chi connectivity index (χ4v) is 6.14. The molecule has 0 bridgehead atoms. The Morgan fingerprint density at radius 2 is 1.84 bits per heavy atom. The van der Waals surface area contributed by atoms with E-state index in [1.54, 1.807) is 11.1 Å². The molecule has 0 aromatic heterocycles. The van der Waals surface area contributed by atoms with Gasteiger partial charge in [-0.1, -0.05) is 45.1 Å². The van der Waals surface area contributed by atoms with Gasteiger partial charge in [-0.05, 0) is 81.3 Å². The van der Waals surface area contributed by atoms with Gasteiger partial charge in [0.15, 0.2) is 0 Å². The van der Waals surface area contributed by atoms with Crippen LogP contribution < -0.4 is 0 Å². The van der Waals surface area contributed by atoms with Crippen molar-refractivity contribution in [3.63, 3.8) is 0 Å². The van der Waals surface area contributed by atoms with Crippen molar-refractivity contribution < 1.29 is 4.74 Å². The van der Waals surface area contributed by atoms with Gasteiger partial charge in [-0.3, -0.25) is 0 Å². The molecule has 4 rings (SSSR count). The highest BCUT2D eigenvalue weighted by Crippen LogP contribution is 2.59. The maximum Gasteiger partial charge on any atom is 0.0673 e. The summed E-state index contributed by atoms with van der Waals surface area (Å²) in [6, 6.07) is 0. The molecule has 0 amide bonds. The van der Waals surface area contributed by atoms with Crippen molar-refractivity contribution in [1.82, 2.24) is 0 Å². The fourth-order valence-electron chi connectivity index (χ4n) is 6.14. The van der Waals surface area contributed by atoms with Crippen LogP contribution in [0.25, 0.3) is 0 Å². The SMILES string of the molecule is CC1(C)C=C2CC[C@@H]3[C@@H](C=C[C@]4(C)[C@@H](OC(C)(C)C)CC[C@@H]34)C2=CC1. The highest BCUT2D eigenvalue weighted by molar-refractivity contribution is 5.44. The molecule has 25 heavy (non-hydrogen) atoms. The van der Waals surface area contributed by atoms with Crippen molar-refractivity contribution in [3.05, 3.63) is 35.5 Å². The van der Waals surface area contributed by atoms with Gasteiger partial charge in [-0.2, -0.15) is 0 Å². The molecule has 0 aromatic rings. The summed E-state index contributed by atoms with van der Waals surface area (Å²) in [5.74, 6) is 2.25. The van der Waals surface area contributed by atoms with Crippen LogP contribution in [-0.4, -0.2) is 11.7 Å². The predicted molar refractivity (Wildman–Crippen MR) is 105 cm³/mol. The lowest BCUT2D eigenvalue weighted by atomic mass is 9.56. The molecule has 0 heterocycles. The Morgan fingerprint density at radius 3 is 2.56 bits per heavy atom. The number of rotatable bonds is 1. The third-order valence-electron chi connectivity index (χ3n) is 7.26. The molecule has 2 fully saturated rings. The second-order valence-electron chi connectivity index (χ2n) is 10.9. The van der Waals surface area contributed by atoms with Gasteiger partial charge < -0.3 is 4.74 Å². The van der Waals surface area contributed by atoms with Crippen LogP contribution in [0.3, 0.4) is 0 Å². The van der Waals surface area contributed by atoms with Crippen molar-refractivity contribution in [1.29, 1.82) is 0 Å². The Bertz CT molecular complexity index is 641. The first-order chi connectivity index (χ1) is 11.6. The quantitative estimate of drug-likeness (QED) is 0.497. The lowest BCUT2D eigenvalue weighted by molar-refractivity contribution is -0.101. The van der Waals surface area contributed by atoms with Crippen molar-refractivity contribution >= 4 is 0 Å². The van der Waals surface area contributed by atoms with Crippen molar-refractivity contribution in [2.45, 2.75) is 85.4 Å². The first-order valence-corrected chi connectivity index (χ1v) is 10.4. The smallest absolute Gasteiger partial charge is 0.0673 e. The Balaban J connectivity index is 1.63. The van der Waals surface area contributed by atoms with Crippen molar-refractivity contribution in [3.8, 4) is 0 Å². The first-order valence-electron chi connectivity index (χ1n) is 10.4. The van der Waals surface area contributed by atoms with Crippen LogP contribution in [0.5, 0.6) is 0 Å². The molecule has 5 atom stereocenters. The van der Waals surface area contributed by atoms with Crippen molar-refractivity contribution in [2.75, 3.05) is 0 Å². The maximum atomic E-state index is 6.51. The summed E-state index contributed by atoms with van der Waals surface area (Å²) >= 11 is 0. The van der Waals surface area contributed by atoms with Crippen LogP contribution >= 0.6 is 0 Å². The molecular formula is C24H36O. The molecule has 1 heteroatoms. The molecule has 0 aliphatic heterocycles. The molecule has 4 aliphatic rings. The third-order valence-corrected chi connectivity index (χ3v) is 7.26. The van der Waals surface area contributed by atoms with Crippen LogP contribution in [0.4, 0.5) is 0 Å². The summed E-state index contributed by atoms with van der Waals surface area (Å²) in [4.78, 5) is 0. The van der Waals surface area contributed by atoms with Gasteiger partial charge in [0.1, 0.15) is 0 Å². The zero-order chi connectivity index (χ0) is 18.0. The van der Waals surface area contributed by atoms with Crippen LogP contribution in [0.15, 0.2) is 35.5 Å². The number of hydrogen-bond acceptors (Lipinski definition) is 1. The van der Waals surface area contributed by atoms with E-state index in [1.807, 2.05) is 0 Å². The van der Waals surface area contributed by atoms with Crippen LogP contribution in [0.1, 0.15) is 73.6 Å². The van der Waals surface area contributed by atoms with Gasteiger partial charge in [0.2, 0.25) is 0 Å². The predicted octanol–water partition coefficient (Wildman–Crippen LogP) is 6.47. The molecule has 0 radical (unpaired) electrons. The molecular weight excluding hydrogens is 304 g/mol. The Labute approximate surface area is 154 Å². The van der Waals surface area contributed by atoms with Gasteiger partial charge in [0, 0.05) is 11.3 Å². The number of hydrogen-bond donors (Lipinski definition) is 0. The van der Waals surface area contributed by atoms with Gasteiger partial charge in [0.05, 0.1) is 11.7 Å². The monoisotopic (exact) mass is 340 g/mol. The average Bonchev–Trinajstić information content (AvgIpc) is 2.81. The van der Waals surface area contributed by atoms with E-state index in [0.717, 1.165) is 11.8 Å². The Kier molecular flexibility index (Phi) is 3.93. The normalized spacial score (nSPS) is 42.2. The second kappa shape index (κ2) is 5.59. The summed E-state index contributed by atoms with van der Waals surface area (Å²) in [7, 11) is 0. The van der Waals surface area contributed by atoms with Crippen molar-refractivity contribution in [2.24, 2.45) is 28.6 Å². The summed E-state index contributed by atoms with van der Waals surface area (Å²) in [5.41, 5.74) is 3.83.